The highest BCUT2D eigenvalue weighted by molar-refractivity contribution is 9.09. The summed E-state index contributed by atoms with van der Waals surface area (Å²) in [4.78, 5) is 2.44. The molecule has 1 aliphatic carbocycles. The minimum absolute atomic E-state index is 0.905. The number of rotatable bonds is 3. The molecule has 0 atom stereocenters. The summed E-state index contributed by atoms with van der Waals surface area (Å²) >= 11 is 3.43. The second kappa shape index (κ2) is 3.57. The lowest BCUT2D eigenvalue weighted by atomic mass is 9.92. The first-order valence-electron chi connectivity index (χ1n) is 3.61. The van der Waals surface area contributed by atoms with Crippen LogP contribution >= 0.6 is 15.9 Å². The van der Waals surface area contributed by atoms with Crippen LogP contribution in [-0.4, -0.2) is 29.9 Å². The average molecular weight is 192 g/mol. The van der Waals surface area contributed by atoms with Crippen LogP contribution in [0.3, 0.4) is 0 Å². The molecule has 0 saturated heterocycles. The second-order valence-corrected chi connectivity index (χ2v) is 3.55. The number of nitrogens with zero attached hydrogens (tertiary/aromatic N) is 1. The number of hydrogen-bond acceptors (Lipinski definition) is 1. The van der Waals surface area contributed by atoms with E-state index < -0.39 is 0 Å². The summed E-state index contributed by atoms with van der Waals surface area (Å²) in [5.41, 5.74) is 0. The minimum Gasteiger partial charge on any atom is -0.303 e. The third-order valence-electron chi connectivity index (χ3n) is 2.14. The molecule has 0 aliphatic heterocycles. The maximum Gasteiger partial charge on any atom is 0.0159 e. The van der Waals surface area contributed by atoms with Crippen molar-refractivity contribution in [3.8, 4) is 0 Å². The van der Waals surface area contributed by atoms with Crippen LogP contribution in [0.15, 0.2) is 0 Å². The highest BCUT2D eigenvalue weighted by atomic mass is 79.9. The van der Waals surface area contributed by atoms with Gasteiger partial charge in [-0.2, -0.15) is 0 Å². The Morgan fingerprint density at radius 3 is 2.56 bits per heavy atom. The molecule has 1 nitrogen and oxygen atoms in total. The summed E-state index contributed by atoms with van der Waals surface area (Å²) in [6.07, 6.45) is 4.28. The minimum atomic E-state index is 0.905. The zero-order valence-corrected chi connectivity index (χ0v) is 7.52. The lowest BCUT2D eigenvalue weighted by Gasteiger charge is -2.34. The van der Waals surface area contributed by atoms with E-state index in [0.717, 1.165) is 11.4 Å². The Morgan fingerprint density at radius 2 is 2.22 bits per heavy atom. The smallest absolute Gasteiger partial charge is 0.0159 e. The van der Waals surface area contributed by atoms with E-state index in [9.17, 15) is 0 Å². The Balaban J connectivity index is 2.08. The zero-order chi connectivity index (χ0) is 6.69. The van der Waals surface area contributed by atoms with Crippen LogP contribution in [0.25, 0.3) is 0 Å². The summed E-state index contributed by atoms with van der Waals surface area (Å²) in [5.74, 6) is 0. The van der Waals surface area contributed by atoms with Gasteiger partial charge in [0.05, 0.1) is 0 Å². The van der Waals surface area contributed by atoms with Gasteiger partial charge in [0.15, 0.2) is 0 Å². The topological polar surface area (TPSA) is 3.24 Å². The van der Waals surface area contributed by atoms with Crippen molar-refractivity contribution in [2.45, 2.75) is 25.3 Å². The highest BCUT2D eigenvalue weighted by Gasteiger charge is 2.20. The summed E-state index contributed by atoms with van der Waals surface area (Å²) in [6.45, 7) is 1.20. The van der Waals surface area contributed by atoms with Gasteiger partial charge in [-0.15, -0.1) is 0 Å². The van der Waals surface area contributed by atoms with Gasteiger partial charge < -0.3 is 4.90 Å². The summed E-state index contributed by atoms with van der Waals surface area (Å²) < 4.78 is 0. The van der Waals surface area contributed by atoms with Crippen molar-refractivity contribution in [3.05, 3.63) is 0 Å². The third kappa shape index (κ3) is 1.94. The first-order valence-corrected chi connectivity index (χ1v) is 4.73. The van der Waals surface area contributed by atoms with Crippen molar-refractivity contribution in [1.29, 1.82) is 0 Å². The van der Waals surface area contributed by atoms with Crippen molar-refractivity contribution in [2.24, 2.45) is 0 Å². The highest BCUT2D eigenvalue weighted by Crippen LogP contribution is 2.22. The maximum atomic E-state index is 3.43. The quantitative estimate of drug-likeness (QED) is 0.617. The molecule has 1 aliphatic rings. The predicted octanol–water partition coefficient (Wildman–Crippen LogP) is 1.87. The first-order chi connectivity index (χ1) is 4.34. The van der Waals surface area contributed by atoms with Crippen LogP contribution < -0.4 is 0 Å². The largest absolute Gasteiger partial charge is 0.303 e. The van der Waals surface area contributed by atoms with Crippen molar-refractivity contribution in [3.63, 3.8) is 0 Å². The monoisotopic (exact) mass is 191 g/mol. The van der Waals surface area contributed by atoms with Crippen LogP contribution in [0.5, 0.6) is 0 Å². The van der Waals surface area contributed by atoms with Crippen LogP contribution in [-0.2, 0) is 0 Å². The van der Waals surface area contributed by atoms with Gasteiger partial charge in [-0.05, 0) is 19.9 Å². The lowest BCUT2D eigenvalue weighted by molar-refractivity contribution is 0.169. The predicted molar refractivity (Wildman–Crippen MR) is 44.1 cm³/mol. The van der Waals surface area contributed by atoms with Gasteiger partial charge in [-0.3, -0.25) is 0 Å². The van der Waals surface area contributed by atoms with E-state index in [1.54, 1.807) is 0 Å². The second-order valence-electron chi connectivity index (χ2n) is 2.75. The molecule has 9 heavy (non-hydrogen) atoms. The third-order valence-corrected chi connectivity index (χ3v) is 2.49. The first kappa shape index (κ1) is 7.55. The molecule has 54 valence electrons. The van der Waals surface area contributed by atoms with Gasteiger partial charge in [-0.1, -0.05) is 22.4 Å². The SMILES string of the molecule is CN(CCBr)C1CCC1. The molecule has 0 aromatic rings. The fourth-order valence-corrected chi connectivity index (χ4v) is 1.70. The molecule has 0 N–H and O–H groups in total. The van der Waals surface area contributed by atoms with E-state index in [1.165, 1.54) is 25.8 Å². The maximum absolute atomic E-state index is 3.43. The molecular formula is C7H14BrN. The van der Waals surface area contributed by atoms with Gasteiger partial charge >= 0.3 is 0 Å². The Hall–Kier alpha value is 0.440. The fraction of sp³-hybridized carbons (Fsp3) is 1.00. The van der Waals surface area contributed by atoms with E-state index in [4.69, 9.17) is 0 Å². The van der Waals surface area contributed by atoms with Crippen LogP contribution in [0.4, 0.5) is 0 Å². The van der Waals surface area contributed by atoms with E-state index in [2.05, 4.69) is 27.9 Å². The zero-order valence-electron chi connectivity index (χ0n) is 5.94. The molecule has 0 bridgehead atoms. The molecule has 1 saturated carbocycles. The normalized spacial score (nSPS) is 20.3. The number of hydrogen-bond donors (Lipinski definition) is 0. The molecular weight excluding hydrogens is 178 g/mol. The van der Waals surface area contributed by atoms with Crippen molar-refractivity contribution in [1.82, 2.24) is 4.90 Å². The Bertz CT molecular complexity index is 81.0. The molecule has 0 heterocycles. The molecule has 0 aromatic carbocycles. The molecule has 0 amide bonds. The molecule has 0 spiro atoms. The van der Waals surface area contributed by atoms with Crippen molar-refractivity contribution in [2.75, 3.05) is 18.9 Å². The molecule has 0 aromatic heterocycles. The molecule has 1 fully saturated rings. The van der Waals surface area contributed by atoms with Crippen molar-refractivity contribution < 1.29 is 0 Å². The molecule has 2 heteroatoms. The van der Waals surface area contributed by atoms with Crippen LogP contribution in [0.2, 0.25) is 0 Å². The number of halogens is 1. The Morgan fingerprint density at radius 1 is 1.56 bits per heavy atom. The Labute approximate surface area is 65.6 Å². The molecule has 0 unspecified atom stereocenters. The van der Waals surface area contributed by atoms with E-state index in [1.807, 2.05) is 0 Å². The van der Waals surface area contributed by atoms with Gasteiger partial charge in [0.1, 0.15) is 0 Å². The lowest BCUT2D eigenvalue weighted by Crippen LogP contribution is -2.38. The summed E-state index contributed by atoms with van der Waals surface area (Å²) in [5, 5.41) is 1.11. The molecule has 1 rings (SSSR count). The molecule has 0 radical (unpaired) electrons. The van der Waals surface area contributed by atoms with E-state index >= 15 is 0 Å². The fourth-order valence-electron chi connectivity index (χ4n) is 1.14. The average Bonchev–Trinajstić information content (AvgIpc) is 1.60. The van der Waals surface area contributed by atoms with Crippen LogP contribution in [0.1, 0.15) is 19.3 Å². The van der Waals surface area contributed by atoms with Gasteiger partial charge in [0.25, 0.3) is 0 Å². The van der Waals surface area contributed by atoms with Crippen LogP contribution in [0, 0.1) is 0 Å². The van der Waals surface area contributed by atoms with Gasteiger partial charge in [0, 0.05) is 17.9 Å². The number of alkyl halides is 1. The Kier molecular flexibility index (Phi) is 2.99. The van der Waals surface area contributed by atoms with E-state index in [-0.39, 0.29) is 0 Å². The standard InChI is InChI=1S/C7H14BrN/c1-9(6-5-8)7-3-2-4-7/h7H,2-6H2,1H3. The summed E-state index contributed by atoms with van der Waals surface area (Å²) in [7, 11) is 2.21. The summed E-state index contributed by atoms with van der Waals surface area (Å²) in [6, 6.07) is 0.905. The van der Waals surface area contributed by atoms with Gasteiger partial charge in [0.2, 0.25) is 0 Å². The van der Waals surface area contributed by atoms with Crippen molar-refractivity contribution >= 4 is 15.9 Å². The van der Waals surface area contributed by atoms with E-state index in [0.29, 0.717) is 0 Å². The van der Waals surface area contributed by atoms with Gasteiger partial charge in [-0.25, -0.2) is 0 Å².